The molecular formula is C29H24N2O5S. The van der Waals surface area contributed by atoms with E-state index in [-0.39, 0.29) is 21.9 Å². The highest BCUT2D eigenvalue weighted by Gasteiger charge is 2.22. The number of ketones is 1. The van der Waals surface area contributed by atoms with Crippen LogP contribution in [0, 0.1) is 6.92 Å². The Bertz CT molecular complexity index is 1570. The third-order valence-electron chi connectivity index (χ3n) is 5.57. The molecule has 4 aromatic rings. The Morgan fingerprint density at radius 3 is 1.97 bits per heavy atom. The molecular weight excluding hydrogens is 488 g/mol. The summed E-state index contributed by atoms with van der Waals surface area (Å²) in [5, 5.41) is 5.29. The quantitative estimate of drug-likeness (QED) is 0.327. The lowest BCUT2D eigenvalue weighted by Crippen LogP contribution is -2.25. The van der Waals surface area contributed by atoms with Gasteiger partial charge >= 0.3 is 0 Å². The predicted molar refractivity (Wildman–Crippen MR) is 143 cm³/mol. The maximum Gasteiger partial charge on any atom is 0.257 e. The van der Waals surface area contributed by atoms with Crippen molar-refractivity contribution in [2.24, 2.45) is 0 Å². The minimum Gasteiger partial charge on any atom is -0.324 e. The summed E-state index contributed by atoms with van der Waals surface area (Å²) < 4.78 is 25.1. The van der Waals surface area contributed by atoms with E-state index in [0.29, 0.717) is 16.8 Å². The standard InChI is InChI=1S/C29H24N2O5S/c1-20-16-17-26(24(18-20)28(33)21-10-4-2-5-11-21)31-29(34)23-14-8-9-15-25(23)30-27(32)19-37(35,36)22-12-6-3-7-13-22/h2-18H,19H2,1H3,(H,30,32)(H,31,34). The van der Waals surface area contributed by atoms with Crippen LogP contribution in [-0.2, 0) is 14.6 Å². The van der Waals surface area contributed by atoms with Crippen molar-refractivity contribution in [2.75, 3.05) is 16.4 Å². The molecule has 4 rings (SSSR count). The van der Waals surface area contributed by atoms with Gasteiger partial charge in [0.15, 0.2) is 15.6 Å². The van der Waals surface area contributed by atoms with Gasteiger partial charge in [-0.3, -0.25) is 14.4 Å². The average Bonchev–Trinajstić information content (AvgIpc) is 2.90. The molecule has 37 heavy (non-hydrogen) atoms. The number of aryl methyl sites for hydroxylation is 1. The molecule has 0 radical (unpaired) electrons. The van der Waals surface area contributed by atoms with Crippen molar-refractivity contribution >= 4 is 38.8 Å². The molecule has 0 fully saturated rings. The molecule has 0 aliphatic carbocycles. The van der Waals surface area contributed by atoms with Gasteiger partial charge in [-0.25, -0.2) is 8.42 Å². The van der Waals surface area contributed by atoms with Gasteiger partial charge in [0.1, 0.15) is 5.75 Å². The molecule has 7 nitrogen and oxygen atoms in total. The summed E-state index contributed by atoms with van der Waals surface area (Å²) in [6.07, 6.45) is 0. The van der Waals surface area contributed by atoms with Gasteiger partial charge in [-0.15, -0.1) is 0 Å². The normalized spacial score (nSPS) is 10.9. The van der Waals surface area contributed by atoms with Gasteiger partial charge < -0.3 is 10.6 Å². The first-order valence-corrected chi connectivity index (χ1v) is 13.1. The lowest BCUT2D eigenvalue weighted by molar-refractivity contribution is -0.113. The molecule has 0 heterocycles. The van der Waals surface area contributed by atoms with Gasteiger partial charge in [-0.1, -0.05) is 72.3 Å². The number of amides is 2. The van der Waals surface area contributed by atoms with Crippen molar-refractivity contribution in [3.8, 4) is 0 Å². The molecule has 0 spiro atoms. The molecule has 0 aromatic heterocycles. The minimum atomic E-state index is -3.86. The topological polar surface area (TPSA) is 109 Å². The van der Waals surface area contributed by atoms with Crippen molar-refractivity contribution in [2.45, 2.75) is 11.8 Å². The van der Waals surface area contributed by atoms with Gasteiger partial charge in [0.25, 0.3) is 5.91 Å². The highest BCUT2D eigenvalue weighted by molar-refractivity contribution is 7.92. The summed E-state index contributed by atoms with van der Waals surface area (Å²) >= 11 is 0. The van der Waals surface area contributed by atoms with Gasteiger partial charge in [0, 0.05) is 11.1 Å². The minimum absolute atomic E-state index is 0.0335. The number of hydrogen-bond donors (Lipinski definition) is 2. The number of anilines is 2. The van der Waals surface area contributed by atoms with Crippen LogP contribution in [0.4, 0.5) is 11.4 Å². The number of carbonyl (C=O) groups excluding carboxylic acids is 3. The van der Waals surface area contributed by atoms with Crippen molar-refractivity contribution in [1.29, 1.82) is 0 Å². The fourth-order valence-corrected chi connectivity index (χ4v) is 4.91. The van der Waals surface area contributed by atoms with Crippen molar-refractivity contribution in [1.82, 2.24) is 0 Å². The second-order valence-electron chi connectivity index (χ2n) is 8.36. The summed E-state index contributed by atoms with van der Waals surface area (Å²) in [4.78, 5) is 39.0. The van der Waals surface area contributed by atoms with Crippen LogP contribution in [0.15, 0.2) is 108 Å². The summed E-state index contributed by atoms with van der Waals surface area (Å²) in [5.74, 6) is -2.36. The Morgan fingerprint density at radius 1 is 0.676 bits per heavy atom. The molecule has 0 aliphatic rings. The first-order valence-electron chi connectivity index (χ1n) is 11.4. The fourth-order valence-electron chi connectivity index (χ4n) is 3.75. The van der Waals surface area contributed by atoms with Crippen LogP contribution in [0.25, 0.3) is 0 Å². The molecule has 0 saturated carbocycles. The Hall–Kier alpha value is -4.56. The molecule has 0 saturated heterocycles. The number of carbonyl (C=O) groups is 3. The second kappa shape index (κ2) is 11.0. The maximum atomic E-state index is 13.2. The second-order valence-corrected chi connectivity index (χ2v) is 10.4. The molecule has 0 unspecified atom stereocenters. The van der Waals surface area contributed by atoms with Crippen LogP contribution in [0.5, 0.6) is 0 Å². The largest absolute Gasteiger partial charge is 0.324 e. The van der Waals surface area contributed by atoms with E-state index in [4.69, 9.17) is 0 Å². The zero-order chi connectivity index (χ0) is 26.4. The van der Waals surface area contributed by atoms with E-state index >= 15 is 0 Å². The summed E-state index contributed by atoms with van der Waals surface area (Å²) in [7, 11) is -3.86. The van der Waals surface area contributed by atoms with Crippen LogP contribution in [0.2, 0.25) is 0 Å². The number of nitrogens with one attached hydrogen (secondary N) is 2. The lowest BCUT2D eigenvalue weighted by Gasteiger charge is -2.14. The summed E-state index contributed by atoms with van der Waals surface area (Å²) in [5.41, 5.74) is 2.25. The van der Waals surface area contributed by atoms with Gasteiger partial charge in [-0.2, -0.15) is 0 Å². The van der Waals surface area contributed by atoms with Crippen LogP contribution < -0.4 is 10.6 Å². The molecule has 0 aliphatic heterocycles. The third-order valence-corrected chi connectivity index (χ3v) is 7.21. The van der Waals surface area contributed by atoms with E-state index in [2.05, 4.69) is 10.6 Å². The molecule has 4 aromatic carbocycles. The van der Waals surface area contributed by atoms with Gasteiger partial charge in [-0.05, 0) is 43.3 Å². The number of benzene rings is 4. The number of sulfone groups is 1. The molecule has 0 atom stereocenters. The fraction of sp³-hybridized carbons (Fsp3) is 0.0690. The van der Waals surface area contributed by atoms with Gasteiger partial charge in [0.05, 0.1) is 21.8 Å². The number of hydrogen-bond acceptors (Lipinski definition) is 5. The first kappa shape index (κ1) is 25.5. The van der Waals surface area contributed by atoms with Crippen LogP contribution in [0.1, 0.15) is 31.8 Å². The van der Waals surface area contributed by atoms with Crippen molar-refractivity contribution in [3.63, 3.8) is 0 Å². The maximum absolute atomic E-state index is 13.2. The summed E-state index contributed by atoms with van der Waals surface area (Å²) in [6.45, 7) is 1.85. The third kappa shape index (κ3) is 6.17. The molecule has 2 N–H and O–H groups in total. The average molecular weight is 513 g/mol. The number of para-hydroxylation sites is 1. The van der Waals surface area contributed by atoms with E-state index < -0.39 is 27.4 Å². The zero-order valence-electron chi connectivity index (χ0n) is 20.0. The lowest BCUT2D eigenvalue weighted by atomic mass is 9.99. The SMILES string of the molecule is Cc1ccc(NC(=O)c2ccccc2NC(=O)CS(=O)(=O)c2ccccc2)c(C(=O)c2ccccc2)c1. The molecule has 8 heteroatoms. The van der Waals surface area contributed by atoms with Crippen molar-refractivity contribution < 1.29 is 22.8 Å². The molecule has 0 bridgehead atoms. The smallest absolute Gasteiger partial charge is 0.257 e. The Labute approximate surface area is 215 Å². The number of rotatable bonds is 8. The van der Waals surface area contributed by atoms with Crippen LogP contribution in [0.3, 0.4) is 0 Å². The predicted octanol–water partition coefficient (Wildman–Crippen LogP) is 4.89. The zero-order valence-corrected chi connectivity index (χ0v) is 20.8. The monoisotopic (exact) mass is 512 g/mol. The van der Waals surface area contributed by atoms with E-state index in [1.54, 1.807) is 72.8 Å². The van der Waals surface area contributed by atoms with E-state index in [1.807, 2.05) is 13.0 Å². The molecule has 2 amide bonds. The van der Waals surface area contributed by atoms with Crippen LogP contribution in [-0.4, -0.2) is 31.8 Å². The van der Waals surface area contributed by atoms with E-state index in [1.165, 1.54) is 24.3 Å². The van der Waals surface area contributed by atoms with Crippen molar-refractivity contribution in [3.05, 3.63) is 125 Å². The highest BCUT2D eigenvalue weighted by Crippen LogP contribution is 2.24. The van der Waals surface area contributed by atoms with E-state index in [9.17, 15) is 22.8 Å². The van der Waals surface area contributed by atoms with Crippen LogP contribution >= 0.6 is 0 Å². The Kier molecular flexibility index (Phi) is 7.60. The summed E-state index contributed by atoms with van der Waals surface area (Å²) in [6, 6.07) is 27.8. The molecule has 186 valence electrons. The Balaban J connectivity index is 1.55. The first-order chi connectivity index (χ1) is 17.7. The Morgan fingerprint density at radius 2 is 1.27 bits per heavy atom. The van der Waals surface area contributed by atoms with Gasteiger partial charge in [0.2, 0.25) is 5.91 Å². The highest BCUT2D eigenvalue weighted by atomic mass is 32.2. The van der Waals surface area contributed by atoms with E-state index in [0.717, 1.165) is 5.56 Å².